The molecule has 0 bridgehead atoms. The molecule has 0 amide bonds. The van der Waals surface area contributed by atoms with Crippen LogP contribution in [0, 0.1) is 17.7 Å². The molecule has 2 rings (SSSR count). The lowest BCUT2D eigenvalue weighted by atomic mass is 9.92. The Morgan fingerprint density at radius 3 is 2.58 bits per heavy atom. The number of piperidine rings is 1. The fourth-order valence-electron chi connectivity index (χ4n) is 3.28. The highest BCUT2D eigenvalue weighted by Gasteiger charge is 2.23. The molecule has 1 fully saturated rings. The maximum Gasteiger partial charge on any atom is 0.194 e. The summed E-state index contributed by atoms with van der Waals surface area (Å²) in [5.74, 6) is 1.87. The van der Waals surface area contributed by atoms with E-state index in [9.17, 15) is 9.50 Å². The van der Waals surface area contributed by atoms with Crippen LogP contribution in [0.4, 0.5) is 4.39 Å². The molecule has 1 heterocycles. The van der Waals surface area contributed by atoms with Gasteiger partial charge < -0.3 is 15.3 Å². The van der Waals surface area contributed by atoms with Gasteiger partial charge in [-0.1, -0.05) is 19.9 Å². The first-order valence-electron chi connectivity index (χ1n) is 8.44. The predicted molar refractivity (Wildman–Crippen MR) is 107 cm³/mol. The molecule has 0 aliphatic carbocycles. The molecular formula is C18H29FIN3O. The lowest BCUT2D eigenvalue weighted by Gasteiger charge is -2.37. The van der Waals surface area contributed by atoms with Crippen LogP contribution in [0.2, 0.25) is 0 Å². The number of guanidine groups is 1. The number of rotatable bonds is 4. The molecule has 0 spiro atoms. The monoisotopic (exact) mass is 449 g/mol. The summed E-state index contributed by atoms with van der Waals surface area (Å²) in [6.45, 7) is 9.67. The van der Waals surface area contributed by atoms with Crippen molar-refractivity contribution in [2.24, 2.45) is 16.8 Å². The van der Waals surface area contributed by atoms with Crippen LogP contribution in [0.1, 0.15) is 38.3 Å². The number of likely N-dealkylation sites (tertiary alicyclic amines) is 1. The van der Waals surface area contributed by atoms with Crippen molar-refractivity contribution >= 4 is 29.9 Å². The van der Waals surface area contributed by atoms with Gasteiger partial charge in [-0.25, -0.2) is 9.38 Å². The molecule has 1 saturated heterocycles. The third kappa shape index (κ3) is 5.88. The molecule has 6 heteroatoms. The van der Waals surface area contributed by atoms with Crippen molar-refractivity contribution < 1.29 is 9.50 Å². The summed E-state index contributed by atoms with van der Waals surface area (Å²) in [5.41, 5.74) is 1.23. The van der Waals surface area contributed by atoms with E-state index in [2.05, 4.69) is 31.0 Å². The Hall–Kier alpha value is -0.890. The molecule has 1 aromatic carbocycles. The maximum atomic E-state index is 13.5. The SMILES string of the molecule is CCNC(=NCc1ccc(F)c(CO)c1)N1CC(C)CC(C)C1.I. The van der Waals surface area contributed by atoms with Crippen LogP contribution in [0.15, 0.2) is 23.2 Å². The summed E-state index contributed by atoms with van der Waals surface area (Å²) in [6.07, 6.45) is 1.26. The van der Waals surface area contributed by atoms with E-state index in [1.807, 2.05) is 0 Å². The van der Waals surface area contributed by atoms with Gasteiger partial charge in [0.25, 0.3) is 0 Å². The first kappa shape index (κ1) is 21.2. The molecule has 1 aliphatic heterocycles. The lowest BCUT2D eigenvalue weighted by Crippen LogP contribution is -2.48. The Kier molecular flexibility index (Phi) is 8.97. The van der Waals surface area contributed by atoms with Crippen molar-refractivity contribution in [1.82, 2.24) is 10.2 Å². The van der Waals surface area contributed by atoms with Crippen molar-refractivity contribution in [3.8, 4) is 0 Å². The number of hydrogen-bond donors (Lipinski definition) is 2. The van der Waals surface area contributed by atoms with Gasteiger partial charge in [-0.3, -0.25) is 0 Å². The zero-order valence-corrected chi connectivity index (χ0v) is 17.1. The second kappa shape index (κ2) is 10.2. The lowest BCUT2D eigenvalue weighted by molar-refractivity contribution is 0.208. The summed E-state index contributed by atoms with van der Waals surface area (Å²) in [4.78, 5) is 7.03. The van der Waals surface area contributed by atoms with E-state index in [4.69, 9.17) is 4.99 Å². The largest absolute Gasteiger partial charge is 0.392 e. The third-order valence-electron chi connectivity index (χ3n) is 4.20. The highest BCUT2D eigenvalue weighted by molar-refractivity contribution is 14.0. The van der Waals surface area contributed by atoms with E-state index in [-0.39, 0.29) is 36.4 Å². The zero-order chi connectivity index (χ0) is 16.8. The molecule has 136 valence electrons. The summed E-state index contributed by atoms with van der Waals surface area (Å²) < 4.78 is 13.5. The molecule has 2 N–H and O–H groups in total. The van der Waals surface area contributed by atoms with Gasteiger partial charge in [0.05, 0.1) is 13.2 Å². The van der Waals surface area contributed by atoms with Crippen LogP contribution in [-0.2, 0) is 13.2 Å². The van der Waals surface area contributed by atoms with Gasteiger partial charge in [-0.15, -0.1) is 24.0 Å². The normalized spacial score (nSPS) is 21.4. The summed E-state index contributed by atoms with van der Waals surface area (Å²) in [7, 11) is 0. The quantitative estimate of drug-likeness (QED) is 0.421. The van der Waals surface area contributed by atoms with E-state index >= 15 is 0 Å². The molecule has 2 unspecified atom stereocenters. The van der Waals surface area contributed by atoms with Crippen LogP contribution in [-0.4, -0.2) is 35.6 Å². The van der Waals surface area contributed by atoms with Gasteiger partial charge in [0.2, 0.25) is 0 Å². The Bertz CT molecular complexity index is 543. The van der Waals surface area contributed by atoms with Gasteiger partial charge in [0.15, 0.2) is 5.96 Å². The smallest absolute Gasteiger partial charge is 0.194 e. The van der Waals surface area contributed by atoms with Gasteiger partial charge in [0.1, 0.15) is 5.82 Å². The molecular weight excluding hydrogens is 420 g/mol. The molecule has 0 radical (unpaired) electrons. The molecule has 24 heavy (non-hydrogen) atoms. The summed E-state index contributed by atoms with van der Waals surface area (Å²) >= 11 is 0. The fraction of sp³-hybridized carbons (Fsp3) is 0.611. The van der Waals surface area contributed by atoms with E-state index in [1.54, 1.807) is 12.1 Å². The number of benzene rings is 1. The van der Waals surface area contributed by atoms with Crippen molar-refractivity contribution in [2.45, 2.75) is 40.3 Å². The minimum atomic E-state index is -0.370. The van der Waals surface area contributed by atoms with Crippen LogP contribution < -0.4 is 5.32 Å². The maximum absolute atomic E-state index is 13.5. The first-order chi connectivity index (χ1) is 11.0. The van der Waals surface area contributed by atoms with Gasteiger partial charge in [-0.2, -0.15) is 0 Å². The fourth-order valence-corrected chi connectivity index (χ4v) is 3.28. The molecule has 0 saturated carbocycles. The van der Waals surface area contributed by atoms with Crippen molar-refractivity contribution in [3.05, 3.63) is 35.1 Å². The molecule has 1 aromatic rings. The Labute approximate surface area is 161 Å². The average molecular weight is 449 g/mol. The Morgan fingerprint density at radius 2 is 2.00 bits per heavy atom. The van der Waals surface area contributed by atoms with Crippen molar-refractivity contribution in [3.63, 3.8) is 0 Å². The number of nitrogens with zero attached hydrogens (tertiary/aromatic N) is 2. The van der Waals surface area contributed by atoms with Gasteiger partial charge in [0, 0.05) is 25.2 Å². The summed E-state index contributed by atoms with van der Waals surface area (Å²) in [6, 6.07) is 4.81. The molecule has 2 atom stereocenters. The topological polar surface area (TPSA) is 47.9 Å². The Morgan fingerprint density at radius 1 is 1.33 bits per heavy atom. The van der Waals surface area contributed by atoms with E-state index < -0.39 is 0 Å². The number of aliphatic imine (C=N–C) groups is 1. The molecule has 4 nitrogen and oxygen atoms in total. The third-order valence-corrected chi connectivity index (χ3v) is 4.20. The van der Waals surface area contributed by atoms with Crippen LogP contribution in [0.3, 0.4) is 0 Å². The summed E-state index contributed by atoms with van der Waals surface area (Å²) in [5, 5.41) is 12.5. The number of hydrogen-bond acceptors (Lipinski definition) is 2. The standard InChI is InChI=1S/C18H28FN3O.HI/c1-4-20-18(22-10-13(2)7-14(3)11-22)21-9-15-5-6-17(19)16(8-15)12-23;/h5-6,8,13-14,23H,4,7,9-12H2,1-3H3,(H,20,21);1H. The van der Waals surface area contributed by atoms with E-state index in [1.165, 1.54) is 12.5 Å². The van der Waals surface area contributed by atoms with Crippen molar-refractivity contribution in [2.75, 3.05) is 19.6 Å². The predicted octanol–water partition coefficient (Wildman–Crippen LogP) is 3.38. The van der Waals surface area contributed by atoms with Gasteiger partial charge in [-0.05, 0) is 42.9 Å². The Balaban J connectivity index is 0.00000288. The van der Waals surface area contributed by atoms with E-state index in [0.29, 0.717) is 23.9 Å². The van der Waals surface area contributed by atoms with Crippen LogP contribution in [0.5, 0.6) is 0 Å². The average Bonchev–Trinajstić information content (AvgIpc) is 2.51. The highest BCUT2D eigenvalue weighted by atomic mass is 127. The second-order valence-corrected chi connectivity index (χ2v) is 6.61. The second-order valence-electron chi connectivity index (χ2n) is 6.61. The van der Waals surface area contributed by atoms with E-state index in [0.717, 1.165) is 31.2 Å². The molecule has 0 aromatic heterocycles. The van der Waals surface area contributed by atoms with Crippen molar-refractivity contribution in [1.29, 1.82) is 0 Å². The number of halogens is 2. The first-order valence-corrected chi connectivity index (χ1v) is 8.44. The number of aliphatic hydroxyl groups is 1. The van der Waals surface area contributed by atoms with Crippen LogP contribution in [0.25, 0.3) is 0 Å². The minimum absolute atomic E-state index is 0. The van der Waals surface area contributed by atoms with Gasteiger partial charge >= 0.3 is 0 Å². The number of nitrogens with one attached hydrogen (secondary N) is 1. The molecule has 1 aliphatic rings. The van der Waals surface area contributed by atoms with Crippen LogP contribution >= 0.6 is 24.0 Å². The zero-order valence-electron chi connectivity index (χ0n) is 14.8. The number of aliphatic hydroxyl groups excluding tert-OH is 1. The highest BCUT2D eigenvalue weighted by Crippen LogP contribution is 2.21. The minimum Gasteiger partial charge on any atom is -0.392 e.